The molecule has 7 heteroatoms. The summed E-state index contributed by atoms with van der Waals surface area (Å²) in [7, 11) is 1.77. The van der Waals surface area contributed by atoms with Gasteiger partial charge in [-0.15, -0.1) is 0 Å². The van der Waals surface area contributed by atoms with Crippen molar-refractivity contribution in [3.63, 3.8) is 0 Å². The highest BCUT2D eigenvalue weighted by Crippen LogP contribution is 2.25. The maximum atomic E-state index is 12.3. The van der Waals surface area contributed by atoms with Gasteiger partial charge < -0.3 is 19.7 Å². The second-order valence-corrected chi connectivity index (χ2v) is 5.99. The van der Waals surface area contributed by atoms with Crippen LogP contribution < -0.4 is 5.32 Å². The normalized spacial score (nSPS) is 17.7. The van der Waals surface area contributed by atoms with Crippen LogP contribution in [-0.2, 0) is 16.6 Å². The van der Waals surface area contributed by atoms with Gasteiger partial charge in [-0.2, -0.15) is 0 Å². The Morgan fingerprint density at radius 2 is 2.15 bits per heavy atom. The summed E-state index contributed by atoms with van der Waals surface area (Å²) in [4.78, 5) is 23.4. The number of amides is 1. The molecule has 2 N–H and O–H groups in total. The van der Waals surface area contributed by atoms with E-state index in [0.29, 0.717) is 31.7 Å². The van der Waals surface area contributed by atoms with Crippen molar-refractivity contribution >= 4 is 27.8 Å². The fourth-order valence-electron chi connectivity index (χ4n) is 2.45. The van der Waals surface area contributed by atoms with Crippen LogP contribution in [0, 0.1) is 0 Å². The smallest absolute Gasteiger partial charge is 0.305 e. The van der Waals surface area contributed by atoms with Gasteiger partial charge in [0.15, 0.2) is 0 Å². The number of nitrogens with one attached hydrogen (secondary N) is 1. The number of nitrogens with zero attached hydrogens (tertiary/aromatic N) is 1. The molecule has 0 atom stereocenters. The zero-order valence-corrected chi connectivity index (χ0v) is 12.8. The first-order valence-electron chi connectivity index (χ1n) is 6.36. The van der Waals surface area contributed by atoms with Crippen molar-refractivity contribution in [1.29, 1.82) is 0 Å². The lowest BCUT2D eigenvalue weighted by atomic mass is 9.86. The molecule has 1 aliphatic rings. The molecule has 1 aromatic rings. The fraction of sp³-hybridized carbons (Fsp3) is 0.538. The summed E-state index contributed by atoms with van der Waals surface area (Å²) < 4.78 is 7.78. The van der Waals surface area contributed by atoms with E-state index < -0.39 is 11.5 Å². The number of carbonyl (C=O) groups is 2. The van der Waals surface area contributed by atoms with E-state index in [1.165, 1.54) is 0 Å². The Morgan fingerprint density at radius 3 is 2.65 bits per heavy atom. The number of carboxylic acid groups (broad SMARTS) is 1. The largest absolute Gasteiger partial charge is 0.481 e. The molecule has 0 unspecified atom stereocenters. The fourth-order valence-corrected chi connectivity index (χ4v) is 2.98. The predicted octanol–water partition coefficient (Wildman–Crippen LogP) is 1.54. The highest BCUT2D eigenvalue weighted by atomic mass is 79.9. The van der Waals surface area contributed by atoms with E-state index in [-0.39, 0.29) is 12.3 Å². The molecule has 2 heterocycles. The molecule has 110 valence electrons. The average molecular weight is 345 g/mol. The molecule has 1 aromatic heterocycles. The van der Waals surface area contributed by atoms with Crippen LogP contribution in [0.3, 0.4) is 0 Å². The Kier molecular flexibility index (Phi) is 4.49. The number of aliphatic carboxylic acids is 1. The quantitative estimate of drug-likeness (QED) is 0.868. The molecule has 0 radical (unpaired) electrons. The number of carboxylic acids is 1. The van der Waals surface area contributed by atoms with E-state index in [9.17, 15) is 9.59 Å². The van der Waals surface area contributed by atoms with Gasteiger partial charge >= 0.3 is 5.97 Å². The van der Waals surface area contributed by atoms with Crippen molar-refractivity contribution in [2.45, 2.75) is 24.8 Å². The van der Waals surface area contributed by atoms with Gasteiger partial charge in [-0.1, -0.05) is 0 Å². The molecule has 0 spiro atoms. The summed E-state index contributed by atoms with van der Waals surface area (Å²) in [6, 6.07) is 1.71. The first-order valence-corrected chi connectivity index (χ1v) is 7.15. The lowest BCUT2D eigenvalue weighted by Crippen LogP contribution is -2.53. The first kappa shape index (κ1) is 15.1. The topological polar surface area (TPSA) is 80.6 Å². The van der Waals surface area contributed by atoms with Crippen LogP contribution in [0.1, 0.15) is 29.8 Å². The van der Waals surface area contributed by atoms with Crippen molar-refractivity contribution < 1.29 is 19.4 Å². The number of rotatable bonds is 4. The minimum atomic E-state index is -0.916. The Balaban J connectivity index is 2.17. The lowest BCUT2D eigenvalue weighted by molar-refractivity contribution is -0.139. The Bertz CT molecular complexity index is 520. The molecule has 1 saturated heterocycles. The maximum absolute atomic E-state index is 12.3. The average Bonchev–Trinajstić information content (AvgIpc) is 2.68. The predicted molar refractivity (Wildman–Crippen MR) is 75.6 cm³/mol. The number of aromatic nitrogens is 1. The van der Waals surface area contributed by atoms with Crippen LogP contribution in [0.4, 0.5) is 0 Å². The summed E-state index contributed by atoms with van der Waals surface area (Å²) in [5.41, 5.74) is -0.231. The minimum absolute atomic E-state index is 0.0896. The second-order valence-electron chi connectivity index (χ2n) is 5.07. The number of carbonyl (C=O) groups excluding carboxylic acids is 1. The highest BCUT2D eigenvalue weighted by Gasteiger charge is 2.37. The van der Waals surface area contributed by atoms with Crippen molar-refractivity contribution in [3.8, 4) is 0 Å². The van der Waals surface area contributed by atoms with Crippen molar-refractivity contribution in [3.05, 3.63) is 22.4 Å². The maximum Gasteiger partial charge on any atom is 0.305 e. The Labute approximate surface area is 125 Å². The number of hydrogen-bond acceptors (Lipinski definition) is 3. The molecule has 6 nitrogen and oxygen atoms in total. The Hall–Kier alpha value is -1.34. The van der Waals surface area contributed by atoms with Crippen LogP contribution in [0.15, 0.2) is 16.7 Å². The molecule has 2 rings (SSSR count). The zero-order valence-electron chi connectivity index (χ0n) is 11.2. The molecule has 1 aliphatic heterocycles. The zero-order chi connectivity index (χ0) is 14.8. The standard InChI is InChI=1S/C13H17BrN2O4/c1-16-8-9(14)6-10(16)12(19)15-13(7-11(17)18)2-4-20-5-3-13/h6,8H,2-5,7H2,1H3,(H,15,19)(H,17,18). The molecule has 1 fully saturated rings. The third-order valence-electron chi connectivity index (χ3n) is 3.52. The SMILES string of the molecule is Cn1cc(Br)cc1C(=O)NC1(CC(=O)O)CCOCC1. The van der Waals surface area contributed by atoms with Crippen molar-refractivity contribution in [1.82, 2.24) is 9.88 Å². The summed E-state index contributed by atoms with van der Waals surface area (Å²) in [5.74, 6) is -1.18. The van der Waals surface area contributed by atoms with Gasteiger partial charge in [0, 0.05) is 30.9 Å². The van der Waals surface area contributed by atoms with Crippen LogP contribution >= 0.6 is 15.9 Å². The van der Waals surface area contributed by atoms with Gasteiger partial charge in [0.2, 0.25) is 0 Å². The van der Waals surface area contributed by atoms with Crippen molar-refractivity contribution in [2.75, 3.05) is 13.2 Å². The van der Waals surface area contributed by atoms with Crippen LogP contribution in [0.2, 0.25) is 0 Å². The summed E-state index contributed by atoms with van der Waals surface area (Å²) in [6.07, 6.45) is 2.71. The summed E-state index contributed by atoms with van der Waals surface area (Å²) in [6.45, 7) is 0.925. The molecule has 0 bridgehead atoms. The number of aryl methyl sites for hydroxylation is 1. The minimum Gasteiger partial charge on any atom is -0.481 e. The van der Waals surface area contributed by atoms with Gasteiger partial charge in [-0.05, 0) is 34.8 Å². The molecule has 0 saturated carbocycles. The van der Waals surface area contributed by atoms with Gasteiger partial charge in [0.25, 0.3) is 5.91 Å². The lowest BCUT2D eigenvalue weighted by Gasteiger charge is -2.36. The number of halogens is 1. The van der Waals surface area contributed by atoms with E-state index in [1.807, 2.05) is 0 Å². The van der Waals surface area contributed by atoms with Crippen LogP contribution in [0.5, 0.6) is 0 Å². The second kappa shape index (κ2) is 5.97. The van der Waals surface area contributed by atoms with E-state index in [2.05, 4.69) is 21.2 Å². The number of ether oxygens (including phenoxy) is 1. The third kappa shape index (κ3) is 3.40. The molecule has 0 aromatic carbocycles. The summed E-state index contributed by atoms with van der Waals surface area (Å²) in [5, 5.41) is 12.0. The Morgan fingerprint density at radius 1 is 1.50 bits per heavy atom. The third-order valence-corrected chi connectivity index (χ3v) is 3.96. The summed E-state index contributed by atoms with van der Waals surface area (Å²) >= 11 is 3.32. The van der Waals surface area contributed by atoms with Crippen LogP contribution in [-0.4, -0.2) is 40.3 Å². The van der Waals surface area contributed by atoms with E-state index in [4.69, 9.17) is 9.84 Å². The monoisotopic (exact) mass is 344 g/mol. The van der Waals surface area contributed by atoms with Crippen LogP contribution in [0.25, 0.3) is 0 Å². The van der Waals surface area contributed by atoms with E-state index in [1.54, 1.807) is 23.9 Å². The first-order chi connectivity index (χ1) is 9.42. The molecule has 1 amide bonds. The molecule has 0 aliphatic carbocycles. The van der Waals surface area contributed by atoms with Crippen molar-refractivity contribution in [2.24, 2.45) is 7.05 Å². The van der Waals surface area contributed by atoms with Gasteiger partial charge in [-0.3, -0.25) is 9.59 Å². The van der Waals surface area contributed by atoms with E-state index in [0.717, 1.165) is 4.47 Å². The molecular formula is C13H17BrN2O4. The van der Waals surface area contributed by atoms with Gasteiger partial charge in [-0.25, -0.2) is 0 Å². The van der Waals surface area contributed by atoms with Gasteiger partial charge in [0.05, 0.1) is 12.0 Å². The molecule has 20 heavy (non-hydrogen) atoms. The van der Waals surface area contributed by atoms with E-state index >= 15 is 0 Å². The highest BCUT2D eigenvalue weighted by molar-refractivity contribution is 9.10. The number of hydrogen-bond donors (Lipinski definition) is 2. The van der Waals surface area contributed by atoms with Gasteiger partial charge in [0.1, 0.15) is 5.69 Å². The molecular weight excluding hydrogens is 328 g/mol.